The lowest BCUT2D eigenvalue weighted by Gasteiger charge is -2.10. The quantitative estimate of drug-likeness (QED) is 0.263. The zero-order valence-corrected chi connectivity index (χ0v) is 18.2. The monoisotopic (exact) mass is 412 g/mol. The van der Waals surface area contributed by atoms with Gasteiger partial charge in [0.1, 0.15) is 5.75 Å². The van der Waals surface area contributed by atoms with Gasteiger partial charge in [0.2, 0.25) is 0 Å². The molecular weight excluding hydrogens is 376 g/mol. The van der Waals surface area contributed by atoms with E-state index in [1.54, 1.807) is 0 Å². The summed E-state index contributed by atoms with van der Waals surface area (Å²) in [6, 6.07) is 16.0. The van der Waals surface area contributed by atoms with Gasteiger partial charge in [-0.15, -0.1) is 0 Å². The van der Waals surface area contributed by atoms with Crippen molar-refractivity contribution in [2.75, 3.05) is 19.8 Å². The average Bonchev–Trinajstić information content (AvgIpc) is 2.79. The minimum atomic E-state index is 0.0297. The molecular formula is C25H36N2O3. The number of hydrogen-bond donors (Lipinski definition) is 2. The van der Waals surface area contributed by atoms with Crippen LogP contribution in [0.2, 0.25) is 0 Å². The van der Waals surface area contributed by atoms with Crippen LogP contribution in [0.4, 0.5) is 11.4 Å². The summed E-state index contributed by atoms with van der Waals surface area (Å²) in [5, 5.41) is 26.7. The van der Waals surface area contributed by atoms with Crippen LogP contribution in [-0.2, 0) is 6.42 Å². The second-order valence-corrected chi connectivity index (χ2v) is 7.75. The summed E-state index contributed by atoms with van der Waals surface area (Å²) in [4.78, 5) is 0. The fraction of sp³-hybridized carbons (Fsp3) is 0.520. The lowest BCUT2D eigenvalue weighted by atomic mass is 10.0. The number of aryl methyl sites for hydroxylation is 1. The van der Waals surface area contributed by atoms with Gasteiger partial charge >= 0.3 is 0 Å². The van der Waals surface area contributed by atoms with Crippen LogP contribution in [0.25, 0.3) is 0 Å². The summed E-state index contributed by atoms with van der Waals surface area (Å²) in [5.41, 5.74) is 3.01. The van der Waals surface area contributed by atoms with Crippen molar-refractivity contribution in [1.29, 1.82) is 0 Å². The topological polar surface area (TPSA) is 74.4 Å². The predicted molar refractivity (Wildman–Crippen MR) is 122 cm³/mol. The Morgan fingerprint density at radius 1 is 0.767 bits per heavy atom. The molecule has 0 aliphatic heterocycles. The SMILES string of the molecule is CCCCc1ccc(N=Nc2ccc(OCCCCCCC(CO)CO)cc2)cc1. The molecule has 0 amide bonds. The van der Waals surface area contributed by atoms with Crippen LogP contribution in [0.1, 0.15) is 57.4 Å². The van der Waals surface area contributed by atoms with Crippen LogP contribution in [0.15, 0.2) is 58.8 Å². The smallest absolute Gasteiger partial charge is 0.119 e. The molecule has 0 aromatic heterocycles. The van der Waals surface area contributed by atoms with Gasteiger partial charge in [-0.25, -0.2) is 0 Å². The van der Waals surface area contributed by atoms with Crippen molar-refractivity contribution in [2.24, 2.45) is 16.1 Å². The van der Waals surface area contributed by atoms with Gasteiger partial charge in [-0.1, -0.05) is 44.7 Å². The first-order chi connectivity index (χ1) is 14.7. The number of aliphatic hydroxyl groups is 2. The Labute approximate surface area is 180 Å². The molecule has 0 saturated carbocycles. The molecule has 164 valence electrons. The highest BCUT2D eigenvalue weighted by Crippen LogP contribution is 2.22. The third-order valence-corrected chi connectivity index (χ3v) is 5.16. The van der Waals surface area contributed by atoms with Crippen molar-refractivity contribution in [3.63, 3.8) is 0 Å². The summed E-state index contributed by atoms with van der Waals surface area (Å²) < 4.78 is 5.79. The molecule has 2 N–H and O–H groups in total. The molecule has 5 heteroatoms. The van der Waals surface area contributed by atoms with E-state index in [-0.39, 0.29) is 19.1 Å². The standard InChI is InChI=1S/C25H36N2O3/c1-2-3-8-21-10-12-23(13-11-21)26-27-24-14-16-25(17-15-24)30-18-7-5-4-6-9-22(19-28)20-29/h10-17,22,28-29H,2-9,18-20H2,1H3. The van der Waals surface area contributed by atoms with Crippen LogP contribution < -0.4 is 4.74 Å². The molecule has 0 bridgehead atoms. The van der Waals surface area contributed by atoms with E-state index in [4.69, 9.17) is 14.9 Å². The molecule has 0 saturated heterocycles. The van der Waals surface area contributed by atoms with E-state index in [1.165, 1.54) is 18.4 Å². The summed E-state index contributed by atoms with van der Waals surface area (Å²) in [7, 11) is 0. The Bertz CT molecular complexity index is 710. The Morgan fingerprint density at radius 3 is 1.97 bits per heavy atom. The van der Waals surface area contributed by atoms with Gasteiger partial charge in [0.05, 0.1) is 18.0 Å². The zero-order valence-electron chi connectivity index (χ0n) is 18.2. The maximum absolute atomic E-state index is 9.05. The van der Waals surface area contributed by atoms with Crippen LogP contribution >= 0.6 is 0 Å². The van der Waals surface area contributed by atoms with Crippen molar-refractivity contribution < 1.29 is 14.9 Å². The molecule has 0 radical (unpaired) electrons. The van der Waals surface area contributed by atoms with E-state index in [2.05, 4.69) is 29.3 Å². The number of ether oxygens (including phenoxy) is 1. The van der Waals surface area contributed by atoms with Crippen LogP contribution in [0.3, 0.4) is 0 Å². The molecule has 0 aliphatic rings. The van der Waals surface area contributed by atoms with E-state index in [9.17, 15) is 0 Å². The van der Waals surface area contributed by atoms with E-state index in [1.807, 2.05) is 36.4 Å². The molecule has 2 aromatic carbocycles. The number of rotatable bonds is 15. The van der Waals surface area contributed by atoms with Gasteiger partial charge in [0.15, 0.2) is 0 Å². The molecule has 30 heavy (non-hydrogen) atoms. The number of benzene rings is 2. The summed E-state index contributed by atoms with van der Waals surface area (Å²) >= 11 is 0. The summed E-state index contributed by atoms with van der Waals surface area (Å²) in [6.45, 7) is 3.03. The summed E-state index contributed by atoms with van der Waals surface area (Å²) in [5.74, 6) is 0.872. The fourth-order valence-corrected chi connectivity index (χ4v) is 3.15. The van der Waals surface area contributed by atoms with Gasteiger partial charge in [-0.2, -0.15) is 10.2 Å². The lowest BCUT2D eigenvalue weighted by Crippen LogP contribution is -2.10. The van der Waals surface area contributed by atoms with Gasteiger partial charge < -0.3 is 14.9 Å². The third kappa shape index (κ3) is 9.51. The fourth-order valence-electron chi connectivity index (χ4n) is 3.15. The molecule has 0 atom stereocenters. The normalized spacial score (nSPS) is 11.5. The van der Waals surface area contributed by atoms with Crippen LogP contribution in [0.5, 0.6) is 5.75 Å². The predicted octanol–water partition coefficient (Wildman–Crippen LogP) is 6.37. The maximum Gasteiger partial charge on any atom is 0.119 e. The number of hydrogen-bond acceptors (Lipinski definition) is 5. The van der Waals surface area contributed by atoms with Gasteiger partial charge in [-0.05, 0) is 67.6 Å². The van der Waals surface area contributed by atoms with E-state index >= 15 is 0 Å². The second kappa shape index (κ2) is 14.7. The van der Waals surface area contributed by atoms with Gasteiger partial charge in [0.25, 0.3) is 0 Å². The highest BCUT2D eigenvalue weighted by molar-refractivity contribution is 5.43. The molecule has 5 nitrogen and oxygen atoms in total. The Hall–Kier alpha value is -2.24. The zero-order chi connectivity index (χ0) is 21.4. The molecule has 0 aliphatic carbocycles. The minimum Gasteiger partial charge on any atom is -0.494 e. The number of aliphatic hydroxyl groups excluding tert-OH is 2. The van der Waals surface area contributed by atoms with E-state index in [0.29, 0.717) is 6.61 Å². The first kappa shape index (κ1) is 24.0. The van der Waals surface area contributed by atoms with Crippen molar-refractivity contribution in [1.82, 2.24) is 0 Å². The van der Waals surface area contributed by atoms with Crippen molar-refractivity contribution in [3.05, 3.63) is 54.1 Å². The molecule has 0 fully saturated rings. The molecule has 2 aromatic rings. The Balaban J connectivity index is 1.65. The molecule has 0 unspecified atom stereocenters. The van der Waals surface area contributed by atoms with Crippen molar-refractivity contribution in [3.8, 4) is 5.75 Å². The third-order valence-electron chi connectivity index (χ3n) is 5.16. The largest absolute Gasteiger partial charge is 0.494 e. The van der Waals surface area contributed by atoms with E-state index < -0.39 is 0 Å². The Morgan fingerprint density at radius 2 is 1.37 bits per heavy atom. The molecule has 2 rings (SSSR count). The Kier molecular flexibility index (Phi) is 11.8. The van der Waals surface area contributed by atoms with Crippen LogP contribution in [-0.4, -0.2) is 30.0 Å². The minimum absolute atomic E-state index is 0.0297. The van der Waals surface area contributed by atoms with Crippen molar-refractivity contribution >= 4 is 11.4 Å². The highest BCUT2D eigenvalue weighted by Gasteiger charge is 2.04. The first-order valence-electron chi connectivity index (χ1n) is 11.2. The van der Waals surface area contributed by atoms with Gasteiger partial charge in [0, 0.05) is 19.1 Å². The lowest BCUT2D eigenvalue weighted by molar-refractivity contribution is 0.141. The molecule has 0 heterocycles. The average molecular weight is 413 g/mol. The highest BCUT2D eigenvalue weighted by atomic mass is 16.5. The number of nitrogens with zero attached hydrogens (tertiary/aromatic N) is 2. The summed E-state index contributed by atoms with van der Waals surface area (Å²) in [6.07, 6.45) is 8.64. The number of azo groups is 1. The second-order valence-electron chi connectivity index (χ2n) is 7.75. The maximum atomic E-state index is 9.05. The van der Waals surface area contributed by atoms with Crippen molar-refractivity contribution in [2.45, 2.75) is 58.3 Å². The van der Waals surface area contributed by atoms with E-state index in [0.717, 1.165) is 55.6 Å². The van der Waals surface area contributed by atoms with Gasteiger partial charge in [-0.3, -0.25) is 0 Å². The van der Waals surface area contributed by atoms with Crippen LogP contribution in [0, 0.1) is 5.92 Å². The first-order valence-corrected chi connectivity index (χ1v) is 11.2. The number of unbranched alkanes of at least 4 members (excludes halogenated alkanes) is 4. The molecule has 0 spiro atoms.